The largest absolute Gasteiger partial charge is 0.370 e. The fraction of sp³-hybridized carbons (Fsp3) is 0.375. The lowest BCUT2D eigenvalue weighted by molar-refractivity contribution is 0.625. The zero-order chi connectivity index (χ0) is 15.4. The minimum absolute atomic E-state index is 0.189. The predicted octanol–water partition coefficient (Wildman–Crippen LogP) is 4.46. The number of aryl methyl sites for hydroxylation is 1. The van der Waals surface area contributed by atoms with Crippen LogP contribution in [-0.2, 0) is 6.42 Å². The van der Waals surface area contributed by atoms with E-state index in [1.165, 1.54) is 6.07 Å². The highest BCUT2D eigenvalue weighted by Gasteiger charge is 2.07. The van der Waals surface area contributed by atoms with Gasteiger partial charge in [0, 0.05) is 18.5 Å². The van der Waals surface area contributed by atoms with Crippen LogP contribution in [0.1, 0.15) is 36.7 Å². The highest BCUT2D eigenvalue weighted by molar-refractivity contribution is 9.10. The van der Waals surface area contributed by atoms with Crippen molar-refractivity contribution in [3.05, 3.63) is 51.6 Å². The van der Waals surface area contributed by atoms with Gasteiger partial charge in [-0.1, -0.05) is 19.9 Å². The lowest BCUT2D eigenvalue weighted by Gasteiger charge is -2.10. The number of nitrogens with zero attached hydrogens (tertiary/aromatic N) is 2. The van der Waals surface area contributed by atoms with Gasteiger partial charge in [0.25, 0.3) is 0 Å². The number of anilines is 1. The molecular formula is C16H19BrFN3. The van der Waals surface area contributed by atoms with Crippen LogP contribution >= 0.6 is 15.9 Å². The molecule has 0 unspecified atom stereocenters. The number of halogens is 2. The van der Waals surface area contributed by atoms with Crippen LogP contribution in [0.3, 0.4) is 0 Å². The third-order valence-corrected chi connectivity index (χ3v) is 3.64. The Bertz CT molecular complexity index is 629. The third kappa shape index (κ3) is 4.49. The predicted molar refractivity (Wildman–Crippen MR) is 87.2 cm³/mol. The molecule has 2 aromatic rings. The molecule has 3 nitrogen and oxygen atoms in total. The van der Waals surface area contributed by atoms with Crippen molar-refractivity contribution in [1.29, 1.82) is 0 Å². The summed E-state index contributed by atoms with van der Waals surface area (Å²) in [6, 6.07) is 6.76. The number of benzene rings is 1. The Kier molecular flexibility index (Phi) is 5.28. The van der Waals surface area contributed by atoms with E-state index in [0.717, 1.165) is 40.3 Å². The molecule has 0 atom stereocenters. The van der Waals surface area contributed by atoms with Gasteiger partial charge in [0.15, 0.2) is 0 Å². The van der Waals surface area contributed by atoms with Gasteiger partial charge in [0.2, 0.25) is 0 Å². The first-order valence-corrected chi connectivity index (χ1v) is 7.78. The SMILES string of the molecule is Cc1cc(F)ccc1CCNc1cc(Br)nc(C(C)C)n1. The lowest BCUT2D eigenvalue weighted by Crippen LogP contribution is -2.09. The van der Waals surface area contributed by atoms with E-state index in [4.69, 9.17) is 0 Å². The van der Waals surface area contributed by atoms with Gasteiger partial charge in [-0.25, -0.2) is 14.4 Å². The lowest BCUT2D eigenvalue weighted by atomic mass is 10.1. The molecule has 1 N–H and O–H groups in total. The van der Waals surface area contributed by atoms with E-state index in [1.54, 1.807) is 6.07 Å². The van der Waals surface area contributed by atoms with Gasteiger partial charge in [-0.2, -0.15) is 0 Å². The van der Waals surface area contributed by atoms with E-state index in [-0.39, 0.29) is 11.7 Å². The number of aromatic nitrogens is 2. The normalized spacial score (nSPS) is 11.0. The molecule has 21 heavy (non-hydrogen) atoms. The summed E-state index contributed by atoms with van der Waals surface area (Å²) in [7, 11) is 0. The van der Waals surface area contributed by atoms with Gasteiger partial charge >= 0.3 is 0 Å². The maximum atomic E-state index is 13.1. The zero-order valence-electron chi connectivity index (χ0n) is 12.5. The zero-order valence-corrected chi connectivity index (χ0v) is 14.0. The molecule has 1 heterocycles. The molecule has 0 amide bonds. The second-order valence-electron chi connectivity index (χ2n) is 5.34. The number of hydrogen-bond acceptors (Lipinski definition) is 3. The molecule has 0 fully saturated rings. The Balaban J connectivity index is 2.00. The summed E-state index contributed by atoms with van der Waals surface area (Å²) in [4.78, 5) is 8.84. The number of rotatable bonds is 5. The molecule has 0 aliphatic carbocycles. The molecular weight excluding hydrogens is 333 g/mol. The van der Waals surface area contributed by atoms with Gasteiger partial charge in [-0.15, -0.1) is 0 Å². The van der Waals surface area contributed by atoms with Gasteiger partial charge in [0.1, 0.15) is 22.1 Å². The molecule has 0 spiro atoms. The first-order valence-electron chi connectivity index (χ1n) is 6.99. The molecule has 2 rings (SSSR count). The Morgan fingerprint density at radius 3 is 2.67 bits per heavy atom. The van der Waals surface area contributed by atoms with Crippen molar-refractivity contribution < 1.29 is 4.39 Å². The monoisotopic (exact) mass is 351 g/mol. The molecule has 1 aromatic carbocycles. The van der Waals surface area contributed by atoms with Gasteiger partial charge in [-0.3, -0.25) is 0 Å². The van der Waals surface area contributed by atoms with Crippen LogP contribution in [0.5, 0.6) is 0 Å². The molecule has 0 radical (unpaired) electrons. The third-order valence-electron chi connectivity index (χ3n) is 3.23. The van der Waals surface area contributed by atoms with Crippen LogP contribution in [-0.4, -0.2) is 16.5 Å². The van der Waals surface area contributed by atoms with Crippen molar-refractivity contribution in [2.24, 2.45) is 0 Å². The molecule has 0 aliphatic rings. The minimum Gasteiger partial charge on any atom is -0.370 e. The van der Waals surface area contributed by atoms with E-state index in [1.807, 2.05) is 19.1 Å². The van der Waals surface area contributed by atoms with Crippen molar-refractivity contribution in [3.63, 3.8) is 0 Å². The maximum absolute atomic E-state index is 13.1. The van der Waals surface area contributed by atoms with E-state index in [2.05, 4.69) is 45.1 Å². The fourth-order valence-electron chi connectivity index (χ4n) is 2.05. The summed E-state index contributed by atoms with van der Waals surface area (Å²) < 4.78 is 13.8. The smallest absolute Gasteiger partial charge is 0.134 e. The quantitative estimate of drug-likeness (QED) is 0.807. The summed E-state index contributed by atoms with van der Waals surface area (Å²) in [5.41, 5.74) is 2.12. The van der Waals surface area contributed by atoms with Crippen molar-refractivity contribution in [2.75, 3.05) is 11.9 Å². The van der Waals surface area contributed by atoms with E-state index < -0.39 is 0 Å². The average Bonchev–Trinajstić information content (AvgIpc) is 2.40. The molecule has 112 valence electrons. The van der Waals surface area contributed by atoms with Crippen LogP contribution < -0.4 is 5.32 Å². The van der Waals surface area contributed by atoms with Crippen LogP contribution in [0.2, 0.25) is 0 Å². The van der Waals surface area contributed by atoms with Crippen LogP contribution in [0.25, 0.3) is 0 Å². The van der Waals surface area contributed by atoms with Crippen LogP contribution in [0, 0.1) is 12.7 Å². The first-order chi connectivity index (χ1) is 9.95. The molecule has 5 heteroatoms. The molecule has 0 bridgehead atoms. The molecule has 0 saturated carbocycles. The van der Waals surface area contributed by atoms with Gasteiger partial charge < -0.3 is 5.32 Å². The van der Waals surface area contributed by atoms with Crippen molar-refractivity contribution in [2.45, 2.75) is 33.1 Å². The summed E-state index contributed by atoms with van der Waals surface area (Å²) in [6.07, 6.45) is 0.824. The molecule has 1 aromatic heterocycles. The Morgan fingerprint density at radius 1 is 1.24 bits per heavy atom. The van der Waals surface area contributed by atoms with Crippen molar-refractivity contribution in [3.8, 4) is 0 Å². The maximum Gasteiger partial charge on any atom is 0.134 e. The number of nitrogens with one attached hydrogen (secondary N) is 1. The van der Waals surface area contributed by atoms with Crippen molar-refractivity contribution in [1.82, 2.24) is 9.97 Å². The molecule has 0 aliphatic heterocycles. The van der Waals surface area contributed by atoms with Crippen molar-refractivity contribution >= 4 is 21.7 Å². The van der Waals surface area contributed by atoms with Gasteiger partial charge in [-0.05, 0) is 52.5 Å². The number of hydrogen-bond donors (Lipinski definition) is 1. The fourth-order valence-corrected chi connectivity index (χ4v) is 2.45. The Hall–Kier alpha value is -1.49. The molecule has 0 saturated heterocycles. The van der Waals surface area contributed by atoms with Crippen LogP contribution in [0.4, 0.5) is 10.2 Å². The highest BCUT2D eigenvalue weighted by Crippen LogP contribution is 2.17. The minimum atomic E-state index is -0.189. The average molecular weight is 352 g/mol. The summed E-state index contributed by atoms with van der Waals surface area (Å²) in [5, 5.41) is 3.30. The van der Waals surface area contributed by atoms with E-state index in [0.29, 0.717) is 0 Å². The Morgan fingerprint density at radius 2 is 2.00 bits per heavy atom. The standard InChI is InChI=1S/C16H19BrFN3/c1-10(2)16-20-14(17)9-15(21-16)19-7-6-12-4-5-13(18)8-11(12)3/h4-5,8-10H,6-7H2,1-3H3,(H,19,20,21). The Labute approximate surface area is 133 Å². The summed E-state index contributed by atoms with van der Waals surface area (Å²) in [6.45, 7) is 6.80. The first kappa shape index (κ1) is 15.9. The van der Waals surface area contributed by atoms with Crippen LogP contribution in [0.15, 0.2) is 28.9 Å². The topological polar surface area (TPSA) is 37.8 Å². The second-order valence-corrected chi connectivity index (χ2v) is 6.15. The van der Waals surface area contributed by atoms with E-state index >= 15 is 0 Å². The highest BCUT2D eigenvalue weighted by atomic mass is 79.9. The van der Waals surface area contributed by atoms with Gasteiger partial charge in [0.05, 0.1) is 0 Å². The van der Waals surface area contributed by atoms with E-state index in [9.17, 15) is 4.39 Å². The summed E-state index contributed by atoms with van der Waals surface area (Å²) in [5.74, 6) is 1.71. The summed E-state index contributed by atoms with van der Waals surface area (Å²) >= 11 is 3.40. The second kappa shape index (κ2) is 6.98.